The standard InChI is InChI=1S/C24H32ClN3O4/c1-18-12-21(4-5-22(18)25)32-17-24(13-23(29)28-8-10-30-11-9-28)6-3-7-27(16-24)14-20-15-31-19(2)26-20/h4-5,12,15H,3,6-11,13-14,16-17H2,1-2H3. The fourth-order valence-corrected chi connectivity index (χ4v) is 4.77. The van der Waals surface area contributed by atoms with Gasteiger partial charge in [-0.25, -0.2) is 4.98 Å². The van der Waals surface area contributed by atoms with Crippen LogP contribution >= 0.6 is 11.6 Å². The Morgan fingerprint density at radius 2 is 2.06 bits per heavy atom. The largest absolute Gasteiger partial charge is 0.493 e. The number of amides is 1. The lowest BCUT2D eigenvalue weighted by atomic mass is 9.77. The van der Waals surface area contributed by atoms with Gasteiger partial charge >= 0.3 is 0 Å². The highest BCUT2D eigenvalue weighted by Gasteiger charge is 2.40. The van der Waals surface area contributed by atoms with E-state index in [0.717, 1.165) is 48.0 Å². The van der Waals surface area contributed by atoms with Gasteiger partial charge in [0.25, 0.3) is 0 Å². The van der Waals surface area contributed by atoms with Crippen LogP contribution < -0.4 is 4.74 Å². The van der Waals surface area contributed by atoms with E-state index >= 15 is 0 Å². The van der Waals surface area contributed by atoms with Gasteiger partial charge in [-0.2, -0.15) is 0 Å². The van der Waals surface area contributed by atoms with Gasteiger partial charge in [0.05, 0.1) is 25.5 Å². The summed E-state index contributed by atoms with van der Waals surface area (Å²) in [6.45, 7) is 9.31. The first-order chi connectivity index (χ1) is 15.4. The van der Waals surface area contributed by atoms with Crippen molar-refractivity contribution < 1.29 is 18.7 Å². The van der Waals surface area contributed by atoms with Gasteiger partial charge < -0.3 is 18.8 Å². The summed E-state index contributed by atoms with van der Waals surface area (Å²) in [6.07, 6.45) is 4.14. The molecule has 0 saturated carbocycles. The van der Waals surface area contributed by atoms with E-state index in [1.54, 1.807) is 6.26 Å². The molecule has 0 N–H and O–H groups in total. The van der Waals surface area contributed by atoms with Gasteiger partial charge in [-0.05, 0) is 50.1 Å². The van der Waals surface area contributed by atoms with Crippen LogP contribution in [0.5, 0.6) is 5.75 Å². The van der Waals surface area contributed by atoms with E-state index in [9.17, 15) is 4.79 Å². The van der Waals surface area contributed by atoms with Crippen LogP contribution in [-0.4, -0.2) is 66.7 Å². The van der Waals surface area contributed by atoms with Crippen molar-refractivity contribution in [1.82, 2.24) is 14.8 Å². The molecule has 2 saturated heterocycles. The SMILES string of the molecule is Cc1nc(CN2CCCC(COc3ccc(Cl)c(C)c3)(CC(=O)N3CCOCC3)C2)co1. The minimum absolute atomic E-state index is 0.184. The van der Waals surface area contributed by atoms with Crippen molar-refractivity contribution in [2.24, 2.45) is 5.41 Å². The summed E-state index contributed by atoms with van der Waals surface area (Å²) >= 11 is 6.17. The number of aromatic nitrogens is 1. The van der Waals surface area contributed by atoms with Gasteiger partial charge in [0.2, 0.25) is 5.91 Å². The first-order valence-electron chi connectivity index (χ1n) is 11.3. The minimum atomic E-state index is -0.264. The number of oxazole rings is 1. The molecule has 2 aliphatic heterocycles. The lowest BCUT2D eigenvalue weighted by Crippen LogP contribution is -2.50. The van der Waals surface area contributed by atoms with E-state index in [0.29, 0.717) is 51.8 Å². The molecule has 1 aromatic carbocycles. The molecule has 2 aliphatic rings. The van der Waals surface area contributed by atoms with Crippen LogP contribution in [0.4, 0.5) is 0 Å². The summed E-state index contributed by atoms with van der Waals surface area (Å²) < 4.78 is 17.1. The third kappa shape index (κ3) is 5.82. The molecule has 0 aliphatic carbocycles. The van der Waals surface area contributed by atoms with Crippen molar-refractivity contribution in [3.63, 3.8) is 0 Å². The molecule has 2 aromatic rings. The van der Waals surface area contributed by atoms with E-state index in [2.05, 4.69) is 9.88 Å². The fourth-order valence-electron chi connectivity index (χ4n) is 4.66. The number of morpholine rings is 1. The number of nitrogens with zero attached hydrogens (tertiary/aromatic N) is 3. The Labute approximate surface area is 194 Å². The predicted octanol–water partition coefficient (Wildman–Crippen LogP) is 3.85. The third-order valence-corrected chi connectivity index (χ3v) is 6.78. The Kier molecular flexibility index (Phi) is 7.38. The highest BCUT2D eigenvalue weighted by molar-refractivity contribution is 6.31. The van der Waals surface area contributed by atoms with E-state index < -0.39 is 0 Å². The smallest absolute Gasteiger partial charge is 0.223 e. The number of carbonyl (C=O) groups is 1. The number of benzene rings is 1. The molecule has 3 heterocycles. The second-order valence-corrected chi connectivity index (χ2v) is 9.45. The maximum Gasteiger partial charge on any atom is 0.223 e. The Hall–Kier alpha value is -2.09. The number of likely N-dealkylation sites (tertiary alicyclic amines) is 1. The van der Waals surface area contributed by atoms with Gasteiger partial charge in [0, 0.05) is 50.0 Å². The summed E-state index contributed by atoms with van der Waals surface area (Å²) in [7, 11) is 0. The van der Waals surface area contributed by atoms with E-state index in [1.807, 2.05) is 36.9 Å². The van der Waals surface area contributed by atoms with Crippen molar-refractivity contribution in [3.8, 4) is 5.75 Å². The van der Waals surface area contributed by atoms with Crippen LogP contribution in [0.15, 0.2) is 28.9 Å². The molecule has 1 aromatic heterocycles. The summed E-state index contributed by atoms with van der Waals surface area (Å²) in [6, 6.07) is 5.71. The molecule has 0 radical (unpaired) electrons. The Bertz CT molecular complexity index is 928. The fraction of sp³-hybridized carbons (Fsp3) is 0.583. The van der Waals surface area contributed by atoms with Crippen molar-refractivity contribution in [2.75, 3.05) is 46.0 Å². The molecule has 1 amide bonds. The number of rotatable bonds is 7. The highest BCUT2D eigenvalue weighted by atomic mass is 35.5. The average Bonchev–Trinajstić information content (AvgIpc) is 3.20. The minimum Gasteiger partial charge on any atom is -0.493 e. The van der Waals surface area contributed by atoms with E-state index in [4.69, 9.17) is 25.5 Å². The Balaban J connectivity index is 1.49. The van der Waals surface area contributed by atoms with Gasteiger partial charge in [-0.1, -0.05) is 11.6 Å². The number of hydrogen-bond donors (Lipinski definition) is 0. The number of aryl methyl sites for hydroxylation is 2. The zero-order valence-corrected chi connectivity index (χ0v) is 19.7. The molecule has 0 bridgehead atoms. The zero-order chi connectivity index (χ0) is 22.6. The highest BCUT2D eigenvalue weighted by Crippen LogP contribution is 2.36. The molecule has 8 heteroatoms. The van der Waals surface area contributed by atoms with Crippen LogP contribution in [0, 0.1) is 19.3 Å². The van der Waals surface area contributed by atoms with Gasteiger partial charge in [0.1, 0.15) is 12.0 Å². The summed E-state index contributed by atoms with van der Waals surface area (Å²) in [5, 5.41) is 0.723. The van der Waals surface area contributed by atoms with Crippen LogP contribution in [-0.2, 0) is 16.1 Å². The van der Waals surface area contributed by atoms with E-state index in [-0.39, 0.29) is 11.3 Å². The maximum atomic E-state index is 13.2. The molecule has 0 spiro atoms. The molecular formula is C24H32ClN3O4. The Morgan fingerprint density at radius 3 is 2.78 bits per heavy atom. The molecule has 4 rings (SSSR count). The third-order valence-electron chi connectivity index (χ3n) is 6.36. The average molecular weight is 462 g/mol. The van der Waals surface area contributed by atoms with Crippen LogP contribution in [0.1, 0.15) is 36.4 Å². The summed E-state index contributed by atoms with van der Waals surface area (Å²) in [5.41, 5.74) is 1.64. The predicted molar refractivity (Wildman–Crippen MR) is 122 cm³/mol. The molecular weight excluding hydrogens is 430 g/mol. The number of halogens is 1. The second-order valence-electron chi connectivity index (χ2n) is 9.04. The van der Waals surface area contributed by atoms with Gasteiger partial charge in [-0.3, -0.25) is 9.69 Å². The summed E-state index contributed by atoms with van der Waals surface area (Å²) in [4.78, 5) is 22.0. The van der Waals surface area contributed by atoms with Crippen LogP contribution in [0.2, 0.25) is 5.02 Å². The first kappa shape index (κ1) is 23.1. The second kappa shape index (κ2) is 10.2. The van der Waals surface area contributed by atoms with Crippen molar-refractivity contribution >= 4 is 17.5 Å². The topological polar surface area (TPSA) is 68.0 Å². The number of hydrogen-bond acceptors (Lipinski definition) is 6. The van der Waals surface area contributed by atoms with Crippen LogP contribution in [0.25, 0.3) is 0 Å². The van der Waals surface area contributed by atoms with Crippen LogP contribution in [0.3, 0.4) is 0 Å². The lowest BCUT2D eigenvalue weighted by molar-refractivity contribution is -0.139. The number of ether oxygens (including phenoxy) is 2. The Morgan fingerprint density at radius 1 is 1.25 bits per heavy atom. The molecule has 32 heavy (non-hydrogen) atoms. The van der Waals surface area contributed by atoms with Gasteiger partial charge in [0.15, 0.2) is 5.89 Å². The molecule has 7 nitrogen and oxygen atoms in total. The van der Waals surface area contributed by atoms with Gasteiger partial charge in [-0.15, -0.1) is 0 Å². The maximum absolute atomic E-state index is 13.2. The monoisotopic (exact) mass is 461 g/mol. The molecule has 1 atom stereocenters. The lowest BCUT2D eigenvalue weighted by Gasteiger charge is -2.43. The number of carbonyl (C=O) groups excluding carboxylic acids is 1. The molecule has 174 valence electrons. The zero-order valence-electron chi connectivity index (χ0n) is 18.9. The first-order valence-corrected chi connectivity index (χ1v) is 11.7. The number of piperidine rings is 1. The van der Waals surface area contributed by atoms with Crippen molar-refractivity contribution in [3.05, 3.63) is 46.6 Å². The normalized spacial score (nSPS) is 22.2. The molecule has 1 unspecified atom stereocenters. The van der Waals surface area contributed by atoms with Crippen molar-refractivity contribution in [2.45, 2.75) is 39.7 Å². The van der Waals surface area contributed by atoms with Crippen molar-refractivity contribution in [1.29, 1.82) is 0 Å². The summed E-state index contributed by atoms with van der Waals surface area (Å²) in [5.74, 6) is 1.64. The molecule has 2 fully saturated rings. The quantitative estimate of drug-likeness (QED) is 0.623. The van der Waals surface area contributed by atoms with E-state index in [1.165, 1.54) is 0 Å².